The van der Waals surface area contributed by atoms with Crippen molar-refractivity contribution in [2.45, 2.75) is 51.6 Å². The molecular formula is C12H20N2O4. The molecule has 0 spiro atoms. The van der Waals surface area contributed by atoms with Crippen molar-refractivity contribution in [3.05, 3.63) is 0 Å². The van der Waals surface area contributed by atoms with Crippen molar-refractivity contribution in [2.75, 3.05) is 6.54 Å². The Balaban J connectivity index is 2.73. The van der Waals surface area contributed by atoms with Crippen LogP contribution in [0.2, 0.25) is 0 Å². The highest BCUT2D eigenvalue weighted by molar-refractivity contribution is 5.91. The molecule has 6 nitrogen and oxygen atoms in total. The van der Waals surface area contributed by atoms with Crippen molar-refractivity contribution in [3.8, 4) is 0 Å². The zero-order valence-electron chi connectivity index (χ0n) is 11.0. The van der Waals surface area contributed by atoms with E-state index in [2.05, 4.69) is 5.32 Å². The summed E-state index contributed by atoms with van der Waals surface area (Å²) in [5.41, 5.74) is -0.458. The van der Waals surface area contributed by atoms with Gasteiger partial charge in [0.15, 0.2) is 0 Å². The van der Waals surface area contributed by atoms with Gasteiger partial charge in [0.25, 0.3) is 0 Å². The number of carbonyl (C=O) groups is 3. The standard InChI is InChI=1S/C12H20N2O4/c1-12(2,3)14(7-6-10(16)17)11(18)8-4-5-9(15)13-8/h8H,4-7H2,1-3H3,(H,13,15)(H,16,17). The fourth-order valence-corrected chi connectivity index (χ4v) is 1.97. The number of carbonyl (C=O) groups excluding carboxylic acids is 2. The summed E-state index contributed by atoms with van der Waals surface area (Å²) in [6, 6.07) is -0.509. The number of nitrogens with zero attached hydrogens (tertiary/aromatic N) is 1. The van der Waals surface area contributed by atoms with Gasteiger partial charge in [0.1, 0.15) is 6.04 Å². The van der Waals surface area contributed by atoms with Gasteiger partial charge < -0.3 is 15.3 Å². The first kappa shape index (κ1) is 14.5. The predicted molar refractivity (Wildman–Crippen MR) is 64.9 cm³/mol. The van der Waals surface area contributed by atoms with Crippen LogP contribution in [0.1, 0.15) is 40.0 Å². The molecule has 0 radical (unpaired) electrons. The first-order valence-electron chi connectivity index (χ1n) is 6.04. The minimum atomic E-state index is -0.937. The van der Waals surface area contributed by atoms with E-state index in [1.54, 1.807) is 0 Å². The van der Waals surface area contributed by atoms with E-state index < -0.39 is 17.6 Å². The Bertz CT molecular complexity index is 360. The van der Waals surface area contributed by atoms with E-state index in [9.17, 15) is 14.4 Å². The van der Waals surface area contributed by atoms with Crippen LogP contribution in [0.5, 0.6) is 0 Å². The lowest BCUT2D eigenvalue weighted by Crippen LogP contribution is -2.53. The van der Waals surface area contributed by atoms with Crippen LogP contribution in [0.3, 0.4) is 0 Å². The first-order chi connectivity index (χ1) is 8.21. The number of amides is 2. The average Bonchev–Trinajstić information content (AvgIpc) is 2.62. The molecule has 18 heavy (non-hydrogen) atoms. The van der Waals surface area contributed by atoms with Crippen LogP contribution in [-0.4, -0.2) is 45.9 Å². The number of rotatable bonds is 4. The summed E-state index contributed by atoms with van der Waals surface area (Å²) < 4.78 is 0. The van der Waals surface area contributed by atoms with Crippen LogP contribution < -0.4 is 5.32 Å². The number of hydrogen-bond donors (Lipinski definition) is 2. The maximum Gasteiger partial charge on any atom is 0.305 e. The lowest BCUT2D eigenvalue weighted by Gasteiger charge is -2.37. The molecule has 0 saturated carbocycles. The molecule has 0 aromatic rings. The summed E-state index contributed by atoms with van der Waals surface area (Å²) in [5, 5.41) is 11.3. The molecule has 1 heterocycles. The molecule has 1 atom stereocenters. The van der Waals surface area contributed by atoms with Gasteiger partial charge in [0, 0.05) is 18.5 Å². The summed E-state index contributed by atoms with van der Waals surface area (Å²) in [4.78, 5) is 35.5. The van der Waals surface area contributed by atoms with Gasteiger partial charge in [-0.2, -0.15) is 0 Å². The summed E-state index contributed by atoms with van der Waals surface area (Å²) in [7, 11) is 0. The number of carboxylic acid groups (broad SMARTS) is 1. The molecule has 6 heteroatoms. The molecule has 2 amide bonds. The number of hydrogen-bond acceptors (Lipinski definition) is 3. The molecule has 0 aromatic carbocycles. The average molecular weight is 256 g/mol. The minimum Gasteiger partial charge on any atom is -0.481 e. The summed E-state index contributed by atoms with van der Waals surface area (Å²) in [6.45, 7) is 5.71. The van der Waals surface area contributed by atoms with Crippen LogP contribution >= 0.6 is 0 Å². The molecule has 1 saturated heterocycles. The number of nitrogens with one attached hydrogen (secondary N) is 1. The zero-order chi connectivity index (χ0) is 13.9. The molecule has 1 aliphatic heterocycles. The van der Waals surface area contributed by atoms with Gasteiger partial charge in [-0.1, -0.05) is 0 Å². The minimum absolute atomic E-state index is 0.0936. The lowest BCUT2D eigenvalue weighted by molar-refractivity contribution is -0.142. The van der Waals surface area contributed by atoms with Crippen molar-refractivity contribution < 1.29 is 19.5 Å². The van der Waals surface area contributed by atoms with E-state index in [1.165, 1.54) is 4.90 Å². The summed E-state index contributed by atoms with van der Waals surface area (Å²) in [5.74, 6) is -1.26. The maximum atomic E-state index is 12.3. The fourth-order valence-electron chi connectivity index (χ4n) is 1.97. The largest absolute Gasteiger partial charge is 0.481 e. The third kappa shape index (κ3) is 3.72. The van der Waals surface area contributed by atoms with Crippen LogP contribution in [0.4, 0.5) is 0 Å². The molecule has 102 valence electrons. The first-order valence-corrected chi connectivity index (χ1v) is 6.04. The van der Waals surface area contributed by atoms with Crippen LogP contribution in [-0.2, 0) is 14.4 Å². The van der Waals surface area contributed by atoms with Crippen LogP contribution in [0.25, 0.3) is 0 Å². The van der Waals surface area contributed by atoms with Crippen molar-refractivity contribution >= 4 is 17.8 Å². The van der Waals surface area contributed by atoms with Crippen molar-refractivity contribution in [3.63, 3.8) is 0 Å². The molecule has 1 fully saturated rings. The van der Waals surface area contributed by atoms with Crippen LogP contribution in [0.15, 0.2) is 0 Å². The highest BCUT2D eigenvalue weighted by Crippen LogP contribution is 2.18. The van der Waals surface area contributed by atoms with E-state index in [4.69, 9.17) is 5.11 Å². The SMILES string of the molecule is CC(C)(C)N(CCC(=O)O)C(=O)C1CCC(=O)N1. The molecule has 1 aliphatic rings. The molecule has 1 unspecified atom stereocenters. The number of aliphatic carboxylic acids is 1. The summed E-state index contributed by atoms with van der Waals surface area (Å²) in [6.07, 6.45) is 0.744. The molecule has 0 aliphatic carbocycles. The van der Waals surface area contributed by atoms with E-state index >= 15 is 0 Å². The maximum absolute atomic E-state index is 12.3. The third-order valence-electron chi connectivity index (χ3n) is 2.92. The predicted octanol–water partition coefficient (Wildman–Crippen LogP) is 0.367. The van der Waals surface area contributed by atoms with Gasteiger partial charge in [-0.15, -0.1) is 0 Å². The van der Waals surface area contributed by atoms with Crippen molar-refractivity contribution in [1.82, 2.24) is 10.2 Å². The van der Waals surface area contributed by atoms with E-state index in [1.807, 2.05) is 20.8 Å². The van der Waals surface area contributed by atoms with E-state index in [0.717, 1.165) is 0 Å². The van der Waals surface area contributed by atoms with Gasteiger partial charge in [-0.05, 0) is 27.2 Å². The van der Waals surface area contributed by atoms with Crippen LogP contribution in [0, 0.1) is 0 Å². The van der Waals surface area contributed by atoms with E-state index in [-0.39, 0.29) is 24.8 Å². The van der Waals surface area contributed by atoms with Crippen molar-refractivity contribution in [2.24, 2.45) is 0 Å². The molecular weight excluding hydrogens is 236 g/mol. The van der Waals surface area contributed by atoms with E-state index in [0.29, 0.717) is 12.8 Å². The monoisotopic (exact) mass is 256 g/mol. The van der Waals surface area contributed by atoms with Gasteiger partial charge >= 0.3 is 5.97 Å². The van der Waals surface area contributed by atoms with Gasteiger partial charge in [0.2, 0.25) is 11.8 Å². The molecule has 0 aromatic heterocycles. The second-order valence-electron chi connectivity index (χ2n) is 5.46. The quantitative estimate of drug-likeness (QED) is 0.760. The second kappa shape index (κ2) is 5.37. The Morgan fingerprint density at radius 2 is 2.06 bits per heavy atom. The second-order valence-corrected chi connectivity index (χ2v) is 5.46. The lowest BCUT2D eigenvalue weighted by atomic mass is 10.0. The van der Waals surface area contributed by atoms with Gasteiger partial charge in [0.05, 0.1) is 6.42 Å². The highest BCUT2D eigenvalue weighted by atomic mass is 16.4. The topological polar surface area (TPSA) is 86.7 Å². The van der Waals surface area contributed by atoms with Gasteiger partial charge in [-0.3, -0.25) is 14.4 Å². The Morgan fingerprint density at radius 1 is 1.44 bits per heavy atom. The Kier molecular flexibility index (Phi) is 4.32. The van der Waals surface area contributed by atoms with Crippen molar-refractivity contribution in [1.29, 1.82) is 0 Å². The smallest absolute Gasteiger partial charge is 0.305 e. The summed E-state index contributed by atoms with van der Waals surface area (Å²) >= 11 is 0. The number of carboxylic acids is 1. The highest BCUT2D eigenvalue weighted by Gasteiger charge is 2.35. The zero-order valence-corrected chi connectivity index (χ0v) is 11.0. The Hall–Kier alpha value is -1.59. The molecule has 1 rings (SSSR count). The Labute approximate surface area is 106 Å². The third-order valence-corrected chi connectivity index (χ3v) is 2.92. The fraction of sp³-hybridized carbons (Fsp3) is 0.750. The van der Waals surface area contributed by atoms with Gasteiger partial charge in [-0.25, -0.2) is 0 Å². The molecule has 2 N–H and O–H groups in total. The Morgan fingerprint density at radius 3 is 2.44 bits per heavy atom. The normalized spacial score (nSPS) is 19.5. The molecule has 0 bridgehead atoms.